The van der Waals surface area contributed by atoms with Crippen molar-refractivity contribution in [3.05, 3.63) is 36.3 Å². The van der Waals surface area contributed by atoms with Gasteiger partial charge >= 0.3 is 0 Å². The fourth-order valence-electron chi connectivity index (χ4n) is 2.58. The Kier molecular flexibility index (Phi) is 4.89. The Morgan fingerprint density at radius 1 is 1.21 bits per heavy atom. The summed E-state index contributed by atoms with van der Waals surface area (Å²) in [6.07, 6.45) is 1.71. The average molecular weight is 349 g/mol. The first-order chi connectivity index (χ1) is 11.3. The maximum absolute atomic E-state index is 5.33. The van der Waals surface area contributed by atoms with Crippen molar-refractivity contribution in [1.29, 1.82) is 0 Å². The van der Waals surface area contributed by atoms with Crippen LogP contribution in [0.3, 0.4) is 0 Å². The number of likely N-dealkylation sites (N-methyl/N-ethyl adjacent to an activating group) is 1. The van der Waals surface area contributed by atoms with Gasteiger partial charge in [-0.15, -0.1) is 12.4 Å². The predicted octanol–water partition coefficient (Wildman–Crippen LogP) is 1.78. The highest BCUT2D eigenvalue weighted by Crippen LogP contribution is 2.25. The SMILES string of the molecule is CN1CCNCC1c1noc(-c2cc(-c3ccccn3)no2)n1.Cl. The lowest BCUT2D eigenvalue weighted by molar-refractivity contribution is 0.190. The molecule has 1 saturated heterocycles. The van der Waals surface area contributed by atoms with Crippen LogP contribution in [-0.2, 0) is 0 Å². The van der Waals surface area contributed by atoms with E-state index >= 15 is 0 Å². The van der Waals surface area contributed by atoms with Crippen molar-refractivity contribution in [1.82, 2.24) is 30.5 Å². The van der Waals surface area contributed by atoms with Crippen LogP contribution in [0.5, 0.6) is 0 Å². The monoisotopic (exact) mass is 348 g/mol. The first kappa shape index (κ1) is 16.6. The molecule has 0 aromatic carbocycles. The maximum Gasteiger partial charge on any atom is 0.296 e. The second-order valence-electron chi connectivity index (χ2n) is 5.45. The van der Waals surface area contributed by atoms with Crippen LogP contribution in [-0.4, -0.2) is 51.9 Å². The predicted molar refractivity (Wildman–Crippen MR) is 88.5 cm³/mol. The van der Waals surface area contributed by atoms with E-state index in [9.17, 15) is 0 Å². The molecule has 9 heteroatoms. The first-order valence-electron chi connectivity index (χ1n) is 7.44. The van der Waals surface area contributed by atoms with Gasteiger partial charge in [0.1, 0.15) is 5.69 Å². The van der Waals surface area contributed by atoms with Gasteiger partial charge in [-0.1, -0.05) is 16.4 Å². The molecule has 3 aromatic rings. The molecule has 4 rings (SSSR count). The average Bonchev–Trinajstić information content (AvgIpc) is 3.25. The second-order valence-corrected chi connectivity index (χ2v) is 5.45. The molecule has 0 saturated carbocycles. The molecule has 1 N–H and O–H groups in total. The molecule has 0 bridgehead atoms. The Balaban J connectivity index is 0.00000169. The van der Waals surface area contributed by atoms with Gasteiger partial charge in [0.05, 0.1) is 11.7 Å². The van der Waals surface area contributed by atoms with Gasteiger partial charge in [-0.05, 0) is 19.2 Å². The third kappa shape index (κ3) is 3.16. The van der Waals surface area contributed by atoms with E-state index in [1.807, 2.05) is 18.2 Å². The van der Waals surface area contributed by atoms with Crippen LogP contribution < -0.4 is 5.32 Å². The van der Waals surface area contributed by atoms with Crippen molar-refractivity contribution in [2.75, 3.05) is 26.7 Å². The van der Waals surface area contributed by atoms with Gasteiger partial charge in [0.25, 0.3) is 5.89 Å². The minimum atomic E-state index is 0. The third-order valence-electron chi connectivity index (χ3n) is 3.90. The summed E-state index contributed by atoms with van der Waals surface area (Å²) < 4.78 is 10.6. The van der Waals surface area contributed by atoms with E-state index < -0.39 is 0 Å². The summed E-state index contributed by atoms with van der Waals surface area (Å²) in [5.74, 6) is 1.41. The minimum Gasteiger partial charge on any atom is -0.350 e. The normalized spacial score (nSPS) is 18.3. The van der Waals surface area contributed by atoms with Gasteiger partial charge in [0, 0.05) is 31.9 Å². The fourth-order valence-corrected chi connectivity index (χ4v) is 2.58. The van der Waals surface area contributed by atoms with Crippen LogP contribution in [0.15, 0.2) is 39.5 Å². The topological polar surface area (TPSA) is 93.1 Å². The molecule has 0 radical (unpaired) electrons. The number of nitrogens with one attached hydrogen (secondary N) is 1. The van der Waals surface area contributed by atoms with Crippen molar-refractivity contribution in [2.45, 2.75) is 6.04 Å². The summed E-state index contributed by atoms with van der Waals surface area (Å²) in [5.41, 5.74) is 1.37. The Bertz CT molecular complexity index is 790. The molecular weight excluding hydrogens is 332 g/mol. The summed E-state index contributed by atoms with van der Waals surface area (Å²) in [7, 11) is 2.05. The van der Waals surface area contributed by atoms with Crippen LogP contribution in [0.1, 0.15) is 11.9 Å². The summed E-state index contributed by atoms with van der Waals surface area (Å²) >= 11 is 0. The zero-order valence-electron chi connectivity index (χ0n) is 13.0. The number of aromatic nitrogens is 4. The van der Waals surface area contributed by atoms with Crippen LogP contribution >= 0.6 is 12.4 Å². The number of hydrogen-bond donors (Lipinski definition) is 1. The van der Waals surface area contributed by atoms with E-state index in [-0.39, 0.29) is 18.4 Å². The zero-order chi connectivity index (χ0) is 15.6. The van der Waals surface area contributed by atoms with Gasteiger partial charge < -0.3 is 14.4 Å². The molecule has 4 heterocycles. The molecule has 24 heavy (non-hydrogen) atoms. The highest BCUT2D eigenvalue weighted by molar-refractivity contribution is 5.85. The molecule has 0 spiro atoms. The standard InChI is InChI=1S/C15H16N6O2.ClH/c1-21-7-6-16-9-12(21)14-18-15(23-20-14)13-8-11(19-22-13)10-4-2-3-5-17-10;/h2-5,8,12,16H,6-7,9H2,1H3;1H. The van der Waals surface area contributed by atoms with Crippen molar-refractivity contribution in [3.8, 4) is 23.0 Å². The quantitative estimate of drug-likeness (QED) is 0.765. The molecule has 0 amide bonds. The Morgan fingerprint density at radius 3 is 2.92 bits per heavy atom. The molecule has 1 atom stereocenters. The van der Waals surface area contributed by atoms with Gasteiger partial charge in [-0.2, -0.15) is 4.98 Å². The largest absolute Gasteiger partial charge is 0.350 e. The minimum absolute atomic E-state index is 0. The van der Waals surface area contributed by atoms with E-state index in [1.165, 1.54) is 0 Å². The summed E-state index contributed by atoms with van der Waals surface area (Å²) in [6.45, 7) is 2.71. The zero-order valence-corrected chi connectivity index (χ0v) is 13.9. The van der Waals surface area contributed by atoms with Crippen molar-refractivity contribution >= 4 is 12.4 Å². The van der Waals surface area contributed by atoms with Crippen LogP contribution in [0.4, 0.5) is 0 Å². The van der Waals surface area contributed by atoms with Gasteiger partial charge in [-0.25, -0.2) is 0 Å². The second kappa shape index (κ2) is 7.08. The van der Waals surface area contributed by atoms with Gasteiger partial charge in [0.15, 0.2) is 5.82 Å². The Hall–Kier alpha value is -2.29. The number of rotatable bonds is 3. The number of halogens is 1. The lowest BCUT2D eigenvalue weighted by Gasteiger charge is -2.30. The summed E-state index contributed by atoms with van der Waals surface area (Å²) in [4.78, 5) is 10.9. The van der Waals surface area contributed by atoms with E-state index in [4.69, 9.17) is 9.05 Å². The molecular formula is C15H17ClN6O2. The van der Waals surface area contributed by atoms with Crippen LogP contribution in [0, 0.1) is 0 Å². The molecule has 1 aliphatic rings. The number of piperazine rings is 1. The Labute approximate surface area is 144 Å². The van der Waals surface area contributed by atoms with Gasteiger partial charge in [0.2, 0.25) is 5.76 Å². The lowest BCUT2D eigenvalue weighted by Crippen LogP contribution is -2.44. The molecule has 1 aliphatic heterocycles. The number of nitrogens with zero attached hydrogens (tertiary/aromatic N) is 5. The van der Waals surface area contributed by atoms with Crippen molar-refractivity contribution in [3.63, 3.8) is 0 Å². The summed E-state index contributed by atoms with van der Waals surface area (Å²) in [6, 6.07) is 7.46. The molecule has 126 valence electrons. The van der Waals surface area contributed by atoms with Crippen LogP contribution in [0.2, 0.25) is 0 Å². The van der Waals surface area contributed by atoms with Crippen LogP contribution in [0.25, 0.3) is 23.0 Å². The van der Waals surface area contributed by atoms with Crippen molar-refractivity contribution < 1.29 is 9.05 Å². The Morgan fingerprint density at radius 2 is 2.12 bits per heavy atom. The molecule has 1 unspecified atom stereocenters. The first-order valence-corrected chi connectivity index (χ1v) is 7.44. The molecule has 8 nitrogen and oxygen atoms in total. The van der Waals surface area contributed by atoms with E-state index in [0.29, 0.717) is 23.2 Å². The highest BCUT2D eigenvalue weighted by atomic mass is 35.5. The highest BCUT2D eigenvalue weighted by Gasteiger charge is 2.26. The number of hydrogen-bond acceptors (Lipinski definition) is 8. The van der Waals surface area contributed by atoms with E-state index in [0.717, 1.165) is 25.3 Å². The molecule has 1 fully saturated rings. The molecule has 3 aromatic heterocycles. The third-order valence-corrected chi connectivity index (χ3v) is 3.90. The van der Waals surface area contributed by atoms with Crippen molar-refractivity contribution in [2.24, 2.45) is 0 Å². The smallest absolute Gasteiger partial charge is 0.296 e. The van der Waals surface area contributed by atoms with E-state index in [2.05, 4.69) is 37.5 Å². The van der Waals surface area contributed by atoms with E-state index in [1.54, 1.807) is 12.3 Å². The lowest BCUT2D eigenvalue weighted by atomic mass is 10.2. The summed E-state index contributed by atoms with van der Waals surface area (Å²) in [5, 5.41) is 11.4. The fraction of sp³-hybridized carbons (Fsp3) is 0.333. The maximum atomic E-state index is 5.33. The molecule has 0 aliphatic carbocycles. The van der Waals surface area contributed by atoms with Gasteiger partial charge in [-0.3, -0.25) is 9.88 Å². The number of pyridine rings is 1.